The first-order valence-electron chi connectivity index (χ1n) is 7.79. The van der Waals surface area contributed by atoms with Crippen molar-refractivity contribution >= 4 is 17.5 Å². The third-order valence-electron chi connectivity index (χ3n) is 3.50. The topological polar surface area (TPSA) is 58.6 Å². The van der Waals surface area contributed by atoms with Crippen LogP contribution in [0.5, 0.6) is 5.75 Å². The molecule has 1 unspecified atom stereocenters. The van der Waals surface area contributed by atoms with E-state index in [2.05, 4.69) is 5.32 Å². The van der Waals surface area contributed by atoms with Crippen LogP contribution in [0.1, 0.15) is 12.5 Å². The maximum Gasteiger partial charge on any atom is 0.263 e. The van der Waals surface area contributed by atoms with Crippen molar-refractivity contribution in [1.29, 1.82) is 0 Å². The lowest BCUT2D eigenvalue weighted by molar-refractivity contribution is -0.139. The zero-order valence-electron chi connectivity index (χ0n) is 14.2. The van der Waals surface area contributed by atoms with E-state index in [4.69, 9.17) is 4.74 Å². The van der Waals surface area contributed by atoms with Crippen molar-refractivity contribution < 1.29 is 14.3 Å². The molecule has 0 radical (unpaired) electrons. The number of aryl methyl sites for hydroxylation is 1. The highest BCUT2D eigenvalue weighted by atomic mass is 16.5. The van der Waals surface area contributed by atoms with Gasteiger partial charge in [-0.1, -0.05) is 35.9 Å². The molecule has 0 bridgehead atoms. The van der Waals surface area contributed by atoms with Crippen LogP contribution in [0.25, 0.3) is 0 Å². The lowest BCUT2D eigenvalue weighted by atomic mass is 10.2. The molecule has 1 atom stereocenters. The summed E-state index contributed by atoms with van der Waals surface area (Å²) in [7, 11) is 1.59. The van der Waals surface area contributed by atoms with Crippen molar-refractivity contribution in [3.05, 3.63) is 60.2 Å². The van der Waals surface area contributed by atoms with Crippen LogP contribution in [-0.4, -0.2) is 36.4 Å². The molecule has 0 aromatic heterocycles. The fourth-order valence-corrected chi connectivity index (χ4v) is 2.20. The Bertz CT molecular complexity index is 684. The highest BCUT2D eigenvalue weighted by Crippen LogP contribution is 2.14. The normalized spacial score (nSPS) is 11.5. The van der Waals surface area contributed by atoms with E-state index in [0.29, 0.717) is 11.4 Å². The number of nitrogens with one attached hydrogen (secondary N) is 1. The summed E-state index contributed by atoms with van der Waals surface area (Å²) in [6.45, 7) is 3.63. The van der Waals surface area contributed by atoms with E-state index >= 15 is 0 Å². The molecule has 1 N–H and O–H groups in total. The number of benzene rings is 2. The zero-order chi connectivity index (χ0) is 17.5. The average molecular weight is 326 g/mol. The number of likely N-dealkylation sites (N-methyl/N-ethyl adjacent to an activating group) is 1. The third-order valence-corrected chi connectivity index (χ3v) is 3.50. The largest absolute Gasteiger partial charge is 0.481 e. The number of carbonyl (C=O) groups excluding carboxylic acids is 2. The summed E-state index contributed by atoms with van der Waals surface area (Å²) >= 11 is 0. The molecule has 0 aliphatic heterocycles. The molecule has 126 valence electrons. The number of para-hydroxylation sites is 1. The molecular formula is C19H22N2O3. The van der Waals surface area contributed by atoms with Crippen molar-refractivity contribution in [3.63, 3.8) is 0 Å². The van der Waals surface area contributed by atoms with Gasteiger partial charge in [0.2, 0.25) is 5.91 Å². The van der Waals surface area contributed by atoms with Crippen LogP contribution >= 0.6 is 0 Å². The van der Waals surface area contributed by atoms with Crippen LogP contribution in [0.15, 0.2) is 54.6 Å². The minimum absolute atomic E-state index is 0.0324. The highest BCUT2D eigenvalue weighted by Gasteiger charge is 2.21. The predicted octanol–water partition coefficient (Wildman–Crippen LogP) is 2.86. The van der Waals surface area contributed by atoms with Gasteiger partial charge in [0, 0.05) is 12.7 Å². The van der Waals surface area contributed by atoms with Crippen LogP contribution in [0.4, 0.5) is 5.69 Å². The van der Waals surface area contributed by atoms with E-state index in [1.165, 1.54) is 4.90 Å². The molecule has 0 aliphatic carbocycles. The summed E-state index contributed by atoms with van der Waals surface area (Å²) in [4.78, 5) is 25.7. The smallest absolute Gasteiger partial charge is 0.263 e. The van der Waals surface area contributed by atoms with Crippen molar-refractivity contribution in [2.24, 2.45) is 0 Å². The number of rotatable bonds is 6. The van der Waals surface area contributed by atoms with Gasteiger partial charge in [0.05, 0.1) is 6.54 Å². The van der Waals surface area contributed by atoms with Crippen LogP contribution < -0.4 is 10.1 Å². The van der Waals surface area contributed by atoms with Gasteiger partial charge in [0.1, 0.15) is 5.75 Å². The first kappa shape index (κ1) is 17.5. The Morgan fingerprint density at radius 3 is 2.33 bits per heavy atom. The van der Waals surface area contributed by atoms with Crippen molar-refractivity contribution in [2.75, 3.05) is 18.9 Å². The summed E-state index contributed by atoms with van der Waals surface area (Å²) in [5.41, 5.74) is 1.82. The van der Waals surface area contributed by atoms with Gasteiger partial charge in [-0.15, -0.1) is 0 Å². The van der Waals surface area contributed by atoms with Gasteiger partial charge < -0.3 is 15.0 Å². The van der Waals surface area contributed by atoms with Crippen LogP contribution in [-0.2, 0) is 9.59 Å². The van der Waals surface area contributed by atoms with E-state index in [9.17, 15) is 9.59 Å². The molecular weight excluding hydrogens is 304 g/mol. The fraction of sp³-hybridized carbons (Fsp3) is 0.263. The van der Waals surface area contributed by atoms with Gasteiger partial charge in [-0.25, -0.2) is 0 Å². The van der Waals surface area contributed by atoms with E-state index < -0.39 is 6.10 Å². The van der Waals surface area contributed by atoms with E-state index in [1.807, 2.05) is 49.4 Å². The second kappa shape index (κ2) is 8.15. The van der Waals surface area contributed by atoms with Gasteiger partial charge >= 0.3 is 0 Å². The number of hydrogen-bond acceptors (Lipinski definition) is 3. The van der Waals surface area contributed by atoms with Gasteiger partial charge in [-0.05, 0) is 38.1 Å². The van der Waals surface area contributed by atoms with E-state index in [1.54, 1.807) is 26.1 Å². The average Bonchev–Trinajstić information content (AvgIpc) is 2.57. The maximum absolute atomic E-state index is 12.3. The molecule has 0 spiro atoms. The highest BCUT2D eigenvalue weighted by molar-refractivity contribution is 5.95. The fourth-order valence-electron chi connectivity index (χ4n) is 2.20. The van der Waals surface area contributed by atoms with Crippen LogP contribution in [0, 0.1) is 6.92 Å². The molecule has 2 amide bonds. The molecule has 2 aromatic rings. The monoisotopic (exact) mass is 326 g/mol. The van der Waals surface area contributed by atoms with Gasteiger partial charge in [-0.2, -0.15) is 0 Å². The standard InChI is InChI=1S/C19H22N2O3/c1-14-9-11-17(12-10-14)24-15(2)19(23)21(3)13-18(22)20-16-7-5-4-6-8-16/h4-12,15H,13H2,1-3H3,(H,20,22). The summed E-state index contributed by atoms with van der Waals surface area (Å²) in [6, 6.07) is 16.6. The Labute approximate surface area is 142 Å². The van der Waals surface area contributed by atoms with E-state index in [-0.39, 0.29) is 18.4 Å². The molecule has 0 heterocycles. The van der Waals surface area contributed by atoms with E-state index in [0.717, 1.165) is 5.56 Å². The Hall–Kier alpha value is -2.82. The maximum atomic E-state index is 12.3. The van der Waals surface area contributed by atoms with Crippen molar-refractivity contribution in [1.82, 2.24) is 4.90 Å². The van der Waals surface area contributed by atoms with Crippen molar-refractivity contribution in [3.8, 4) is 5.75 Å². The van der Waals surface area contributed by atoms with Gasteiger partial charge in [-0.3, -0.25) is 9.59 Å². The Morgan fingerprint density at radius 1 is 1.08 bits per heavy atom. The lowest BCUT2D eigenvalue weighted by Gasteiger charge is -2.21. The minimum Gasteiger partial charge on any atom is -0.481 e. The molecule has 2 rings (SSSR count). The zero-order valence-corrected chi connectivity index (χ0v) is 14.2. The summed E-state index contributed by atoms with van der Waals surface area (Å²) in [5.74, 6) is 0.127. The lowest BCUT2D eigenvalue weighted by Crippen LogP contribution is -2.41. The van der Waals surface area contributed by atoms with Crippen molar-refractivity contribution in [2.45, 2.75) is 20.0 Å². The Kier molecular flexibility index (Phi) is 5.95. The Morgan fingerprint density at radius 2 is 1.71 bits per heavy atom. The second-order valence-corrected chi connectivity index (χ2v) is 5.68. The predicted molar refractivity (Wildman–Crippen MR) is 94.0 cm³/mol. The summed E-state index contributed by atoms with van der Waals surface area (Å²) < 4.78 is 5.63. The first-order valence-corrected chi connectivity index (χ1v) is 7.79. The summed E-state index contributed by atoms with van der Waals surface area (Å²) in [6.07, 6.45) is -0.665. The van der Waals surface area contributed by atoms with Crippen LogP contribution in [0.2, 0.25) is 0 Å². The quantitative estimate of drug-likeness (QED) is 0.888. The Balaban J connectivity index is 1.86. The minimum atomic E-state index is -0.665. The third kappa shape index (κ3) is 5.12. The molecule has 24 heavy (non-hydrogen) atoms. The molecule has 0 aliphatic rings. The molecule has 0 saturated heterocycles. The first-order chi connectivity index (χ1) is 11.5. The number of anilines is 1. The second-order valence-electron chi connectivity index (χ2n) is 5.68. The molecule has 5 heteroatoms. The molecule has 2 aromatic carbocycles. The molecule has 5 nitrogen and oxygen atoms in total. The SMILES string of the molecule is Cc1ccc(OC(C)C(=O)N(C)CC(=O)Nc2ccccc2)cc1. The number of amides is 2. The van der Waals surface area contributed by atoms with Crippen LogP contribution in [0.3, 0.4) is 0 Å². The van der Waals surface area contributed by atoms with Gasteiger partial charge in [0.15, 0.2) is 6.10 Å². The van der Waals surface area contributed by atoms with Gasteiger partial charge in [0.25, 0.3) is 5.91 Å². The summed E-state index contributed by atoms with van der Waals surface area (Å²) in [5, 5.41) is 2.75. The number of hydrogen-bond donors (Lipinski definition) is 1. The number of nitrogens with zero attached hydrogens (tertiary/aromatic N) is 1. The number of ether oxygens (including phenoxy) is 1. The molecule has 0 saturated carbocycles. The molecule has 0 fully saturated rings. The number of carbonyl (C=O) groups is 2.